The lowest BCUT2D eigenvalue weighted by molar-refractivity contribution is -0.146. The molecule has 0 radical (unpaired) electrons. The Hall–Kier alpha value is -1.85. The van der Waals surface area contributed by atoms with Crippen LogP contribution in [-0.2, 0) is 15.1 Å². The van der Waals surface area contributed by atoms with Crippen LogP contribution in [0, 0.1) is 5.92 Å². The highest BCUT2D eigenvalue weighted by atomic mass is 16.4. The molecule has 6 nitrogen and oxygen atoms in total. The molecule has 0 saturated heterocycles. The zero-order valence-electron chi connectivity index (χ0n) is 11.1. The van der Waals surface area contributed by atoms with Crippen LogP contribution in [0.4, 0.5) is 5.69 Å². The number of hydrogen-bond acceptors (Lipinski definition) is 3. The minimum atomic E-state index is -1.14. The number of nitrogens with zero attached hydrogens (tertiary/aromatic N) is 2. The summed E-state index contributed by atoms with van der Waals surface area (Å²) >= 11 is 0. The Kier molecular flexibility index (Phi) is 4.11. The number of rotatable bonds is 5. The average molecular weight is 253 g/mol. The first-order chi connectivity index (χ1) is 8.28. The van der Waals surface area contributed by atoms with Gasteiger partial charge in [-0.1, -0.05) is 13.8 Å². The molecule has 18 heavy (non-hydrogen) atoms. The molecule has 1 unspecified atom stereocenters. The third kappa shape index (κ3) is 2.88. The Morgan fingerprint density at radius 2 is 2.17 bits per heavy atom. The maximum Gasteiger partial charge on any atom is 0.331 e. The van der Waals surface area contributed by atoms with Gasteiger partial charge in [0.2, 0.25) is 5.91 Å². The molecule has 1 heterocycles. The van der Waals surface area contributed by atoms with E-state index in [4.69, 9.17) is 5.11 Å². The molecule has 2 N–H and O–H groups in total. The molecule has 0 bridgehead atoms. The van der Waals surface area contributed by atoms with Gasteiger partial charge in [0, 0.05) is 12.1 Å². The van der Waals surface area contributed by atoms with Crippen LogP contribution in [-0.4, -0.2) is 26.8 Å². The number of amides is 1. The molecule has 1 amide bonds. The van der Waals surface area contributed by atoms with Crippen molar-refractivity contribution < 1.29 is 14.7 Å². The Morgan fingerprint density at radius 3 is 2.67 bits per heavy atom. The first kappa shape index (κ1) is 14.2. The van der Waals surface area contributed by atoms with Crippen molar-refractivity contribution in [1.82, 2.24) is 9.78 Å². The van der Waals surface area contributed by atoms with Crippen molar-refractivity contribution in [3.05, 3.63) is 12.4 Å². The van der Waals surface area contributed by atoms with Gasteiger partial charge in [0.05, 0.1) is 11.9 Å². The molecule has 1 rings (SSSR count). The van der Waals surface area contributed by atoms with E-state index in [-0.39, 0.29) is 11.8 Å². The molecule has 100 valence electrons. The summed E-state index contributed by atoms with van der Waals surface area (Å²) in [5.74, 6) is -1.16. The highest BCUT2D eigenvalue weighted by Gasteiger charge is 2.30. The SMILES string of the molecule is CCC(C)C(=O)Nc1cnn(C(C)(C)C(=O)O)c1. The molecular weight excluding hydrogens is 234 g/mol. The lowest BCUT2D eigenvalue weighted by Gasteiger charge is -2.19. The number of carboxylic acid groups (broad SMARTS) is 1. The van der Waals surface area contributed by atoms with E-state index in [0.29, 0.717) is 5.69 Å². The minimum Gasteiger partial charge on any atom is -0.479 e. The fourth-order valence-corrected chi connectivity index (χ4v) is 1.24. The molecule has 0 fully saturated rings. The molecule has 0 saturated carbocycles. The lowest BCUT2D eigenvalue weighted by atomic mass is 10.1. The first-order valence-electron chi connectivity index (χ1n) is 5.88. The van der Waals surface area contributed by atoms with Crippen LogP contribution in [0.15, 0.2) is 12.4 Å². The highest BCUT2D eigenvalue weighted by Crippen LogP contribution is 2.17. The van der Waals surface area contributed by atoms with E-state index in [9.17, 15) is 9.59 Å². The number of aliphatic carboxylic acids is 1. The quantitative estimate of drug-likeness (QED) is 0.836. The van der Waals surface area contributed by atoms with Crippen molar-refractivity contribution in [2.24, 2.45) is 5.92 Å². The van der Waals surface area contributed by atoms with E-state index in [1.807, 2.05) is 13.8 Å². The molecule has 0 aromatic carbocycles. The summed E-state index contributed by atoms with van der Waals surface area (Å²) in [5, 5.41) is 15.7. The smallest absolute Gasteiger partial charge is 0.331 e. The van der Waals surface area contributed by atoms with Gasteiger partial charge in [-0.25, -0.2) is 4.79 Å². The van der Waals surface area contributed by atoms with Gasteiger partial charge in [-0.2, -0.15) is 5.10 Å². The number of carbonyl (C=O) groups is 2. The number of anilines is 1. The van der Waals surface area contributed by atoms with E-state index in [1.165, 1.54) is 17.1 Å². The first-order valence-corrected chi connectivity index (χ1v) is 5.88. The zero-order chi connectivity index (χ0) is 13.9. The maximum atomic E-state index is 11.7. The minimum absolute atomic E-state index is 0.0826. The van der Waals surface area contributed by atoms with E-state index >= 15 is 0 Å². The number of aromatic nitrogens is 2. The van der Waals surface area contributed by atoms with Crippen LogP contribution in [0.1, 0.15) is 34.1 Å². The van der Waals surface area contributed by atoms with Crippen LogP contribution in [0.2, 0.25) is 0 Å². The molecular formula is C12H19N3O3. The van der Waals surface area contributed by atoms with Gasteiger partial charge in [0.25, 0.3) is 0 Å². The molecule has 0 aliphatic heterocycles. The predicted octanol–water partition coefficient (Wildman–Crippen LogP) is 1.69. The van der Waals surface area contributed by atoms with E-state index < -0.39 is 11.5 Å². The fourth-order valence-electron chi connectivity index (χ4n) is 1.24. The second-order valence-electron chi connectivity index (χ2n) is 4.84. The van der Waals surface area contributed by atoms with Crippen LogP contribution in [0.25, 0.3) is 0 Å². The van der Waals surface area contributed by atoms with Gasteiger partial charge in [0.1, 0.15) is 0 Å². The standard InChI is InChI=1S/C12H19N3O3/c1-5-8(2)10(16)14-9-6-13-15(7-9)12(3,4)11(17)18/h6-8H,5H2,1-4H3,(H,14,16)(H,17,18). The Morgan fingerprint density at radius 1 is 1.56 bits per heavy atom. The summed E-state index contributed by atoms with van der Waals surface area (Å²) in [4.78, 5) is 22.7. The van der Waals surface area contributed by atoms with Gasteiger partial charge < -0.3 is 10.4 Å². The summed E-state index contributed by atoms with van der Waals surface area (Å²) in [5.41, 5.74) is -0.631. The fraction of sp³-hybridized carbons (Fsp3) is 0.583. The summed E-state index contributed by atoms with van der Waals surface area (Å²) in [7, 11) is 0. The van der Waals surface area contributed by atoms with Crippen molar-refractivity contribution in [3.63, 3.8) is 0 Å². The third-order valence-electron chi connectivity index (χ3n) is 3.01. The van der Waals surface area contributed by atoms with Crippen LogP contribution < -0.4 is 5.32 Å². The topological polar surface area (TPSA) is 84.2 Å². The monoisotopic (exact) mass is 253 g/mol. The average Bonchev–Trinajstić information content (AvgIpc) is 2.76. The number of carbonyl (C=O) groups excluding carboxylic acids is 1. The molecule has 0 aliphatic rings. The van der Waals surface area contributed by atoms with E-state index in [0.717, 1.165) is 6.42 Å². The normalized spacial score (nSPS) is 13.1. The van der Waals surface area contributed by atoms with Gasteiger partial charge >= 0.3 is 5.97 Å². The van der Waals surface area contributed by atoms with Gasteiger partial charge in [-0.15, -0.1) is 0 Å². The van der Waals surface area contributed by atoms with E-state index in [1.54, 1.807) is 13.8 Å². The number of nitrogens with one attached hydrogen (secondary N) is 1. The third-order valence-corrected chi connectivity index (χ3v) is 3.01. The van der Waals surface area contributed by atoms with E-state index in [2.05, 4.69) is 10.4 Å². The van der Waals surface area contributed by atoms with Gasteiger partial charge in [-0.05, 0) is 20.3 Å². The predicted molar refractivity (Wildman–Crippen MR) is 67.3 cm³/mol. The van der Waals surface area contributed by atoms with Crippen LogP contribution >= 0.6 is 0 Å². The largest absolute Gasteiger partial charge is 0.479 e. The Bertz CT molecular complexity index is 451. The summed E-state index contributed by atoms with van der Waals surface area (Å²) in [6.45, 7) is 6.85. The Labute approximate surface area is 106 Å². The highest BCUT2D eigenvalue weighted by molar-refractivity contribution is 5.92. The molecule has 1 aromatic rings. The van der Waals surface area contributed by atoms with Crippen LogP contribution in [0.5, 0.6) is 0 Å². The van der Waals surface area contributed by atoms with Crippen LogP contribution in [0.3, 0.4) is 0 Å². The van der Waals surface area contributed by atoms with Crippen molar-refractivity contribution in [1.29, 1.82) is 0 Å². The van der Waals surface area contributed by atoms with Crippen molar-refractivity contribution >= 4 is 17.6 Å². The van der Waals surface area contributed by atoms with Gasteiger partial charge in [-0.3, -0.25) is 9.48 Å². The van der Waals surface area contributed by atoms with Crippen molar-refractivity contribution in [2.75, 3.05) is 5.32 Å². The molecule has 0 spiro atoms. The molecule has 1 atom stereocenters. The van der Waals surface area contributed by atoms with Crippen molar-refractivity contribution in [3.8, 4) is 0 Å². The van der Waals surface area contributed by atoms with Gasteiger partial charge in [0.15, 0.2) is 5.54 Å². The lowest BCUT2D eigenvalue weighted by Crippen LogP contribution is -2.35. The molecule has 6 heteroatoms. The molecule has 0 aliphatic carbocycles. The molecule has 1 aromatic heterocycles. The number of carboxylic acids is 1. The Balaban J connectivity index is 2.82. The maximum absolute atomic E-state index is 11.7. The summed E-state index contributed by atoms with van der Waals surface area (Å²) in [6.07, 6.45) is 3.72. The second kappa shape index (κ2) is 5.20. The zero-order valence-corrected chi connectivity index (χ0v) is 11.1. The number of hydrogen-bond donors (Lipinski definition) is 2. The summed E-state index contributed by atoms with van der Waals surface area (Å²) in [6, 6.07) is 0. The second-order valence-corrected chi connectivity index (χ2v) is 4.84. The summed E-state index contributed by atoms with van der Waals surface area (Å²) < 4.78 is 1.32. The van der Waals surface area contributed by atoms with Crippen molar-refractivity contribution in [2.45, 2.75) is 39.7 Å².